The first-order chi connectivity index (χ1) is 57.1. The predicted molar refractivity (Wildman–Crippen MR) is 452 cm³/mol. The van der Waals surface area contributed by atoms with Crippen LogP contribution in [0.15, 0.2) is 122 Å². The van der Waals surface area contributed by atoms with Crippen LogP contribution in [0.2, 0.25) is 0 Å². The second kappa shape index (κ2) is 47.6. The molecule has 13 atom stereocenters. The molecule has 0 radical (unpaired) electrons. The summed E-state index contributed by atoms with van der Waals surface area (Å²) in [5.74, 6) is -13.2. The number of aromatic nitrogens is 3. The number of carbonyl (C=O) groups excluding carboxylic acids is 11. The first kappa shape index (κ1) is 95.2. The van der Waals surface area contributed by atoms with Crippen LogP contribution in [0.5, 0.6) is 5.75 Å². The molecule has 3 aromatic heterocycles. The van der Waals surface area contributed by atoms with Crippen molar-refractivity contribution in [1.82, 2.24) is 84.1 Å². The number of aromatic amines is 1. The molecule has 37 nitrogen and oxygen atoms in total. The Bertz CT molecular complexity index is 4490. The largest absolute Gasteiger partial charge is 0.508 e. The second-order valence-corrected chi connectivity index (χ2v) is 32.2. The quantitative estimate of drug-likeness (QED) is 0.0157. The first-order valence-corrected chi connectivity index (χ1v) is 41.7. The molecule has 3 aromatic carbocycles. The number of carbonyl (C=O) groups is 12. The molecule has 11 amide bonds. The summed E-state index contributed by atoms with van der Waals surface area (Å²) in [4.78, 5) is 187. The lowest BCUT2D eigenvalue weighted by Crippen LogP contribution is -2.62. The molecule has 0 aliphatic carbocycles. The van der Waals surface area contributed by atoms with Crippen LogP contribution in [0.25, 0.3) is 22.0 Å². The summed E-state index contributed by atoms with van der Waals surface area (Å²) < 4.78 is 0. The van der Waals surface area contributed by atoms with Crippen molar-refractivity contribution >= 4 is 117 Å². The number of pyridine rings is 2. The molecule has 6 heterocycles. The number of aromatic hydroxyl groups is 1. The number of phenolic OH excluding ortho intramolecular Hbond substituents is 1. The number of carboxylic acid groups (broad SMARTS) is 1. The lowest BCUT2D eigenvalue weighted by molar-refractivity contribution is -0.143. The summed E-state index contributed by atoms with van der Waals surface area (Å²) in [6.45, 7) is 8.82. The van der Waals surface area contributed by atoms with Gasteiger partial charge < -0.3 is 112 Å². The van der Waals surface area contributed by atoms with Crippen molar-refractivity contribution in [1.29, 1.82) is 10.8 Å². The van der Waals surface area contributed by atoms with Gasteiger partial charge >= 0.3 is 5.97 Å². The number of H-pyrrole nitrogens is 1. The van der Waals surface area contributed by atoms with Crippen LogP contribution in [0.3, 0.4) is 0 Å². The number of para-hydroxylation sites is 1. The molecule has 0 unspecified atom stereocenters. The van der Waals surface area contributed by atoms with E-state index in [2.05, 4.69) is 84.1 Å². The topological polar surface area (TPSA) is 609 Å². The molecule has 4 bridgehead atoms. The Morgan fingerprint density at radius 1 is 0.575 bits per heavy atom. The third kappa shape index (κ3) is 31.1. The van der Waals surface area contributed by atoms with Crippen LogP contribution < -0.4 is 86.3 Å². The number of nitrogens with one attached hydrogen (secondary N) is 16. The second-order valence-electron chi connectivity index (χ2n) is 30.1. The molecule has 0 spiro atoms. The number of fused-ring (bicyclic) bond motifs is 3. The Morgan fingerprint density at radius 3 is 1.66 bits per heavy atom. The number of thioether (sulfide) groups is 2. The van der Waals surface area contributed by atoms with Gasteiger partial charge in [0, 0.05) is 96.0 Å². The minimum absolute atomic E-state index is 0.00469. The van der Waals surface area contributed by atoms with E-state index in [1.807, 2.05) is 13.8 Å². The minimum Gasteiger partial charge on any atom is -0.508 e. The summed E-state index contributed by atoms with van der Waals surface area (Å²) in [5.41, 5.74) is 21.8. The molecule has 3 aliphatic heterocycles. The molecule has 120 heavy (non-hydrogen) atoms. The Morgan fingerprint density at radius 2 is 1.11 bits per heavy atom. The van der Waals surface area contributed by atoms with Crippen molar-refractivity contribution in [2.75, 3.05) is 31.2 Å². The average Bonchev–Trinajstić information content (AvgIpc) is 1.66. The molecule has 0 saturated carbocycles. The number of nitrogens with two attached hydrogens (primary N) is 3. The van der Waals surface area contributed by atoms with E-state index in [-0.39, 0.29) is 111 Å². The maximum Gasteiger partial charge on any atom is 0.328 e. The number of amides is 11. The van der Waals surface area contributed by atoms with E-state index < -0.39 is 168 Å². The molecule has 648 valence electrons. The summed E-state index contributed by atoms with van der Waals surface area (Å²) >= 11 is 2.28. The number of aliphatic hydroxyl groups excluding tert-OH is 2. The number of hydrogen-bond donors (Lipinski definition) is 23. The number of phenols is 1. The summed E-state index contributed by atoms with van der Waals surface area (Å²) in [6, 6.07) is 10.0. The van der Waals surface area contributed by atoms with Crippen LogP contribution in [-0.2, 0) is 88.3 Å². The summed E-state index contributed by atoms with van der Waals surface area (Å²) in [5, 5.41) is 91.8. The zero-order chi connectivity index (χ0) is 87.7. The lowest BCUT2D eigenvalue weighted by Gasteiger charge is -2.29. The number of nitrogens with zero attached hydrogens (tertiary/aromatic N) is 2. The number of carboxylic acids is 1. The number of guanidine groups is 2. The fourth-order valence-corrected chi connectivity index (χ4v) is 14.7. The van der Waals surface area contributed by atoms with Crippen molar-refractivity contribution in [3.8, 4) is 16.9 Å². The van der Waals surface area contributed by atoms with Gasteiger partial charge in [-0.2, -0.15) is 23.5 Å². The maximum absolute atomic E-state index is 15.4. The Kier molecular flexibility index (Phi) is 37.8. The zero-order valence-electron chi connectivity index (χ0n) is 67.7. The Labute approximate surface area is 702 Å². The van der Waals surface area contributed by atoms with Crippen molar-refractivity contribution < 1.29 is 78.0 Å². The van der Waals surface area contributed by atoms with Crippen molar-refractivity contribution in [2.24, 2.45) is 29.0 Å². The molecule has 26 N–H and O–H groups in total. The minimum atomic E-state index is -1.77. The Hall–Kier alpha value is -11.9. The fraction of sp³-hybridized carbons (Fsp3) is 0.457. The monoisotopic (exact) mass is 1700 g/mol. The van der Waals surface area contributed by atoms with Gasteiger partial charge in [-0.25, -0.2) is 4.79 Å². The third-order valence-electron chi connectivity index (χ3n) is 19.2. The van der Waals surface area contributed by atoms with Crippen molar-refractivity contribution in [2.45, 2.75) is 189 Å². The fourth-order valence-electron chi connectivity index (χ4n) is 12.8. The van der Waals surface area contributed by atoms with Crippen LogP contribution in [-0.4, -0.2) is 228 Å². The molecular formula is C81H111N21O16S2. The molecule has 0 fully saturated rings. The van der Waals surface area contributed by atoms with E-state index in [1.54, 1.807) is 111 Å². The molecule has 39 heteroatoms. The van der Waals surface area contributed by atoms with Gasteiger partial charge in [-0.15, -0.1) is 0 Å². The highest BCUT2D eigenvalue weighted by Crippen LogP contribution is 2.24. The van der Waals surface area contributed by atoms with Gasteiger partial charge in [0.15, 0.2) is 11.9 Å². The predicted octanol–water partition coefficient (Wildman–Crippen LogP) is -0.705. The average molecular weight is 1700 g/mol. The highest BCUT2D eigenvalue weighted by atomic mass is 32.2. The van der Waals surface area contributed by atoms with E-state index in [1.165, 1.54) is 38.1 Å². The SMILES string of the molecule is CC(C)C[C@@H]1NC(=O)[C@H](CCCNC(=N)N)NC(=O)[C@H](C)NC(=O)[C@H](Cc2c[nH]c3ccccc23)NC(=O)[C@H](Cc2ccc(O)cc2)NC(=O)[C@H](CCCNC(=N)N)NC(=O)[C@H](NC(=O)[C@H](Cc2ccccc2)NC(=O)[C@@H](NC(=O)[C@@H](N)CC(C)C)[C@@H](C)O)CSCc2ccc(cn2)-c2ccc(nc2)CSC[C@@H](C(=O)N[C@@H](CO)C(=O)O)NC1=O. The van der Waals surface area contributed by atoms with Gasteiger partial charge in [0.1, 0.15) is 72.2 Å². The van der Waals surface area contributed by atoms with Gasteiger partial charge in [0.05, 0.1) is 30.1 Å². The van der Waals surface area contributed by atoms with Gasteiger partial charge in [0.2, 0.25) is 65.0 Å². The molecule has 3 aliphatic rings. The van der Waals surface area contributed by atoms with E-state index in [0.717, 1.165) is 23.5 Å². The molecular weight excluding hydrogens is 1590 g/mol. The number of rotatable bonds is 29. The first-order valence-electron chi connectivity index (χ1n) is 39.3. The van der Waals surface area contributed by atoms with E-state index >= 15 is 24.0 Å². The molecule has 6 aromatic rings. The van der Waals surface area contributed by atoms with E-state index in [9.17, 15) is 54.0 Å². The molecule has 9 rings (SSSR count). The maximum atomic E-state index is 15.4. The van der Waals surface area contributed by atoms with Gasteiger partial charge in [-0.05, 0) is 111 Å². The number of benzene rings is 3. The highest BCUT2D eigenvalue weighted by molar-refractivity contribution is 7.98. The smallest absolute Gasteiger partial charge is 0.328 e. The third-order valence-corrected chi connectivity index (χ3v) is 21.4. The van der Waals surface area contributed by atoms with Crippen LogP contribution in [0.4, 0.5) is 0 Å². The van der Waals surface area contributed by atoms with Gasteiger partial charge in [-0.1, -0.05) is 100 Å². The molecule has 0 saturated heterocycles. The van der Waals surface area contributed by atoms with Gasteiger partial charge in [-0.3, -0.25) is 73.5 Å². The normalized spacial score (nSPS) is 20.3. The van der Waals surface area contributed by atoms with Crippen molar-refractivity contribution in [3.63, 3.8) is 0 Å². The van der Waals surface area contributed by atoms with E-state index in [0.29, 0.717) is 50.1 Å². The number of hydrogen-bond acceptors (Lipinski definition) is 22. The van der Waals surface area contributed by atoms with Crippen LogP contribution in [0.1, 0.15) is 108 Å². The lowest BCUT2D eigenvalue weighted by atomic mass is 10.0. The van der Waals surface area contributed by atoms with Crippen LogP contribution >= 0.6 is 23.5 Å². The van der Waals surface area contributed by atoms with Crippen molar-refractivity contribution in [3.05, 3.63) is 150 Å². The summed E-state index contributed by atoms with van der Waals surface area (Å²) in [6.07, 6.45) is 2.48. The highest BCUT2D eigenvalue weighted by Gasteiger charge is 2.38. The van der Waals surface area contributed by atoms with E-state index in [4.69, 9.17) is 28.0 Å². The zero-order valence-corrected chi connectivity index (χ0v) is 69.3. The number of aliphatic carboxylic acids is 1. The number of aliphatic hydroxyl groups is 2. The Balaban J connectivity index is 1.31. The standard InChI is InChI=1S/C81H111N21O16S2/c1-43(2)30-56(82)69(107)102-67(46(6)104)78(116)98-62(32-47-14-8-7-9-15-47)75(113)101-65-41-119-39-52-24-22-49(35-89-52)50-23-25-53(90-36-50)40-120-42-66(77(115)99-64(38-103)79(117)118)100-73(111)60(31-44(3)4)95-70(108)58(18-12-28-87-80(83)84)93-68(106)45(5)92-72(110)63(34-51-37-91-57-17-11-10-16-55(51)57)97-74(112)61(33-48-20-26-54(105)27-21-48)96-71(109)59(94-76(65)114)19-13-29-88-81(85)86/h7-11,14-17,20-27,35-37,43-46,56,58-67,91,103-105H,12-13,18-19,28-34,38-42,82H2,1-6H3,(H,92,110)(H,93,106)(H,94,114)(H,95,108)(H,96,109)(H,97,112)(H,98,116)(H,99,115)(H,100,111)(H,101,113)(H,102,107)(H,117,118)(H4,83,84,87)(H4,85,86,88)/t45-,46+,56-,58-,59-,60-,61-,62-,63-,64-,65+,66-,67-/m0/s1. The van der Waals surface area contributed by atoms with Crippen LogP contribution in [0, 0.1) is 22.7 Å². The summed E-state index contributed by atoms with van der Waals surface area (Å²) in [7, 11) is 0. The van der Waals surface area contributed by atoms with Gasteiger partial charge in [0.25, 0.3) is 0 Å².